The van der Waals surface area contributed by atoms with Crippen molar-refractivity contribution in [2.24, 2.45) is 5.73 Å². The molecule has 0 aromatic heterocycles. The third kappa shape index (κ3) is 2.04. The number of hydrogen-bond acceptors (Lipinski definition) is 2. The minimum atomic E-state index is -4.33. The number of benzene rings is 1. The van der Waals surface area contributed by atoms with Crippen LogP contribution in [-0.4, -0.2) is 9.79 Å². The minimum Gasteiger partial charge on any atom is -0.323 e. The van der Waals surface area contributed by atoms with Crippen molar-refractivity contribution in [3.8, 4) is 0 Å². The van der Waals surface area contributed by atoms with Crippen LogP contribution in [0.1, 0.15) is 18.1 Å². The molecule has 0 spiro atoms. The van der Waals surface area contributed by atoms with Crippen LogP contribution in [0.15, 0.2) is 24.3 Å². The average molecular weight is 215 g/mol. The molecule has 1 aromatic rings. The van der Waals surface area contributed by atoms with E-state index >= 15 is 0 Å². The maximum absolute atomic E-state index is 11.1. The molecule has 78 valence electrons. The quantitative estimate of drug-likeness (QED) is 0.649. The fourth-order valence-electron chi connectivity index (χ4n) is 1.06. The summed E-state index contributed by atoms with van der Waals surface area (Å²) in [6.45, 7) is 3.23. The van der Waals surface area contributed by atoms with Gasteiger partial charge in [0.1, 0.15) is 5.28 Å². The molecular weight excluding hydrogens is 201 g/mol. The Balaban J connectivity index is 3.17. The molecular formula is C9H14NO3P. The molecule has 1 atom stereocenters. The summed E-state index contributed by atoms with van der Waals surface area (Å²) >= 11 is 0. The van der Waals surface area contributed by atoms with Crippen molar-refractivity contribution < 1.29 is 14.4 Å². The van der Waals surface area contributed by atoms with Gasteiger partial charge in [-0.15, -0.1) is 0 Å². The highest BCUT2D eigenvalue weighted by Gasteiger charge is 2.39. The van der Waals surface area contributed by atoms with Gasteiger partial charge in [-0.05, 0) is 19.4 Å². The number of rotatable bonds is 2. The Morgan fingerprint density at radius 3 is 2.07 bits per heavy atom. The summed E-state index contributed by atoms with van der Waals surface area (Å²) in [5.74, 6) is 0. The highest BCUT2D eigenvalue weighted by molar-refractivity contribution is 7.53. The second kappa shape index (κ2) is 3.48. The van der Waals surface area contributed by atoms with Gasteiger partial charge in [0.25, 0.3) is 0 Å². The lowest BCUT2D eigenvalue weighted by atomic mass is 10.1. The molecule has 0 aliphatic carbocycles. The van der Waals surface area contributed by atoms with Crippen LogP contribution in [0.5, 0.6) is 0 Å². The summed E-state index contributed by atoms with van der Waals surface area (Å²) in [6.07, 6.45) is 0. The third-order valence-corrected chi connectivity index (χ3v) is 3.71. The Bertz CT molecular complexity index is 366. The van der Waals surface area contributed by atoms with Crippen LogP contribution in [0.3, 0.4) is 0 Å². The predicted octanol–water partition coefficient (Wildman–Crippen LogP) is 1.30. The van der Waals surface area contributed by atoms with Gasteiger partial charge < -0.3 is 15.5 Å². The van der Waals surface area contributed by atoms with Gasteiger partial charge in [0.05, 0.1) is 0 Å². The van der Waals surface area contributed by atoms with Gasteiger partial charge in [-0.25, -0.2) is 0 Å². The summed E-state index contributed by atoms with van der Waals surface area (Å²) in [4.78, 5) is 18.1. The second-order valence-electron chi connectivity index (χ2n) is 3.56. The molecule has 1 aromatic carbocycles. The molecule has 4 nitrogen and oxygen atoms in total. The first-order valence-corrected chi connectivity index (χ1v) is 5.78. The molecule has 0 radical (unpaired) electrons. The lowest BCUT2D eigenvalue weighted by Gasteiger charge is -2.26. The topological polar surface area (TPSA) is 83.6 Å². The highest BCUT2D eigenvalue weighted by Crippen LogP contribution is 2.52. The molecule has 0 saturated heterocycles. The number of nitrogens with two attached hydrogens (primary N) is 1. The SMILES string of the molecule is Cc1ccc([C@](C)(N)P(=O)(O)O)cc1. The van der Waals surface area contributed by atoms with E-state index in [1.807, 2.05) is 6.92 Å². The van der Waals surface area contributed by atoms with E-state index in [2.05, 4.69) is 0 Å². The second-order valence-corrected chi connectivity index (χ2v) is 5.57. The van der Waals surface area contributed by atoms with Crippen LogP contribution in [-0.2, 0) is 9.85 Å². The zero-order valence-corrected chi connectivity index (χ0v) is 9.03. The zero-order valence-electron chi connectivity index (χ0n) is 8.14. The van der Waals surface area contributed by atoms with Crippen LogP contribution >= 0.6 is 7.60 Å². The van der Waals surface area contributed by atoms with Crippen molar-refractivity contribution in [3.63, 3.8) is 0 Å². The lowest BCUT2D eigenvalue weighted by Crippen LogP contribution is -2.32. The lowest BCUT2D eigenvalue weighted by molar-refractivity contribution is 0.333. The number of hydrogen-bond donors (Lipinski definition) is 3. The highest BCUT2D eigenvalue weighted by atomic mass is 31.2. The van der Waals surface area contributed by atoms with Crippen LogP contribution in [0.25, 0.3) is 0 Å². The standard InChI is InChI=1S/C9H14NO3P/c1-7-3-5-8(6-4-7)9(2,10)14(11,12)13/h3-6H,10H2,1-2H3,(H2,11,12,13)/t9-/m1/s1. The molecule has 0 aliphatic rings. The van der Waals surface area contributed by atoms with Crippen molar-refractivity contribution in [1.82, 2.24) is 0 Å². The monoisotopic (exact) mass is 215 g/mol. The van der Waals surface area contributed by atoms with Crippen LogP contribution in [0, 0.1) is 6.92 Å². The Labute approximate surface area is 82.9 Å². The van der Waals surface area contributed by atoms with Gasteiger partial charge in [-0.3, -0.25) is 4.57 Å². The molecule has 0 saturated carbocycles. The van der Waals surface area contributed by atoms with E-state index in [4.69, 9.17) is 15.5 Å². The molecule has 5 heteroatoms. The summed E-state index contributed by atoms with van der Waals surface area (Å²) in [6, 6.07) is 6.81. The van der Waals surface area contributed by atoms with E-state index in [1.54, 1.807) is 24.3 Å². The van der Waals surface area contributed by atoms with E-state index in [0.717, 1.165) is 5.56 Å². The molecule has 0 fully saturated rings. The third-order valence-electron chi connectivity index (χ3n) is 2.24. The van der Waals surface area contributed by atoms with E-state index in [0.29, 0.717) is 5.56 Å². The first kappa shape index (κ1) is 11.4. The summed E-state index contributed by atoms with van der Waals surface area (Å²) in [5, 5.41) is -1.61. The molecule has 0 bridgehead atoms. The molecule has 0 aliphatic heterocycles. The van der Waals surface area contributed by atoms with Crippen molar-refractivity contribution in [2.75, 3.05) is 0 Å². The first-order chi connectivity index (χ1) is 6.25. The maximum atomic E-state index is 11.1. The van der Waals surface area contributed by atoms with Crippen molar-refractivity contribution in [3.05, 3.63) is 35.4 Å². The van der Waals surface area contributed by atoms with Gasteiger partial charge >= 0.3 is 7.60 Å². The predicted molar refractivity (Wildman–Crippen MR) is 54.8 cm³/mol. The number of aryl methyl sites for hydroxylation is 1. The van der Waals surface area contributed by atoms with E-state index < -0.39 is 12.9 Å². The fourth-order valence-corrected chi connectivity index (χ4v) is 1.54. The Morgan fingerprint density at radius 2 is 1.71 bits per heavy atom. The minimum absolute atomic E-state index is 0.441. The summed E-state index contributed by atoms with van der Waals surface area (Å²) in [7, 11) is -4.33. The normalized spacial score (nSPS) is 16.4. The Kier molecular flexibility index (Phi) is 2.83. The van der Waals surface area contributed by atoms with Crippen molar-refractivity contribution >= 4 is 7.60 Å². The van der Waals surface area contributed by atoms with Crippen molar-refractivity contribution in [1.29, 1.82) is 0 Å². The zero-order chi connectivity index (χ0) is 11.0. The first-order valence-electron chi connectivity index (χ1n) is 4.17. The van der Waals surface area contributed by atoms with Crippen LogP contribution < -0.4 is 5.73 Å². The van der Waals surface area contributed by atoms with E-state index in [9.17, 15) is 4.57 Å². The molecule has 0 heterocycles. The van der Waals surface area contributed by atoms with Crippen LogP contribution in [0.4, 0.5) is 0 Å². The summed E-state index contributed by atoms with van der Waals surface area (Å²) < 4.78 is 11.1. The molecule has 0 amide bonds. The van der Waals surface area contributed by atoms with Crippen molar-refractivity contribution in [2.45, 2.75) is 19.1 Å². The summed E-state index contributed by atoms with van der Waals surface area (Å²) in [5.41, 5.74) is 7.07. The molecule has 4 N–H and O–H groups in total. The molecule has 1 rings (SSSR count). The maximum Gasteiger partial charge on any atom is 0.349 e. The molecule has 14 heavy (non-hydrogen) atoms. The largest absolute Gasteiger partial charge is 0.349 e. The van der Waals surface area contributed by atoms with Gasteiger partial charge in [-0.1, -0.05) is 29.8 Å². The van der Waals surface area contributed by atoms with Crippen LogP contribution in [0.2, 0.25) is 0 Å². The van der Waals surface area contributed by atoms with Gasteiger partial charge in [-0.2, -0.15) is 0 Å². The fraction of sp³-hybridized carbons (Fsp3) is 0.333. The van der Waals surface area contributed by atoms with Gasteiger partial charge in [0.2, 0.25) is 0 Å². The van der Waals surface area contributed by atoms with E-state index in [-0.39, 0.29) is 0 Å². The van der Waals surface area contributed by atoms with Gasteiger partial charge in [0.15, 0.2) is 0 Å². The average Bonchev–Trinajstić information content (AvgIpc) is 2.03. The smallest absolute Gasteiger partial charge is 0.323 e. The van der Waals surface area contributed by atoms with E-state index in [1.165, 1.54) is 6.92 Å². The Morgan fingerprint density at radius 1 is 1.29 bits per heavy atom. The Hall–Kier alpha value is -0.670. The molecule has 0 unspecified atom stereocenters. The van der Waals surface area contributed by atoms with Gasteiger partial charge in [0, 0.05) is 0 Å².